The summed E-state index contributed by atoms with van der Waals surface area (Å²) < 4.78 is 5.60. The fraction of sp³-hybridized carbons (Fsp3) is 0.533. The fourth-order valence-corrected chi connectivity index (χ4v) is 2.08. The lowest BCUT2D eigenvalue weighted by Crippen LogP contribution is -2.41. The van der Waals surface area contributed by atoms with Gasteiger partial charge in [0.2, 0.25) is 5.91 Å². The van der Waals surface area contributed by atoms with Crippen LogP contribution in [0.5, 0.6) is 0 Å². The van der Waals surface area contributed by atoms with Crippen molar-refractivity contribution in [2.45, 2.75) is 20.3 Å². The average molecular weight is 262 g/mol. The van der Waals surface area contributed by atoms with Crippen LogP contribution < -0.4 is 10.2 Å². The summed E-state index contributed by atoms with van der Waals surface area (Å²) in [5.74, 6) is 0.757. The lowest BCUT2D eigenvalue weighted by Gasteiger charge is -2.30. The van der Waals surface area contributed by atoms with Crippen molar-refractivity contribution in [1.29, 1.82) is 0 Å². The first-order valence-electron chi connectivity index (χ1n) is 6.89. The summed E-state index contributed by atoms with van der Waals surface area (Å²) in [5, 5.41) is 3.13. The standard InChI is InChI=1S/C15H22N2O2/c1-12(2)7-9-19-10-8-17-14-6-4-3-5-13(14)16-11-15(17)18/h3-6,12,16H,7-11H2,1-2H3. The Balaban J connectivity index is 1.87. The van der Waals surface area contributed by atoms with E-state index >= 15 is 0 Å². The minimum Gasteiger partial charge on any atom is -0.380 e. The number of amides is 1. The third kappa shape index (κ3) is 3.70. The van der Waals surface area contributed by atoms with Crippen molar-refractivity contribution in [3.05, 3.63) is 24.3 Å². The van der Waals surface area contributed by atoms with E-state index in [9.17, 15) is 4.79 Å². The van der Waals surface area contributed by atoms with Crippen molar-refractivity contribution in [2.75, 3.05) is 36.5 Å². The van der Waals surface area contributed by atoms with Crippen molar-refractivity contribution in [2.24, 2.45) is 5.92 Å². The molecule has 19 heavy (non-hydrogen) atoms. The summed E-state index contributed by atoms with van der Waals surface area (Å²) in [6, 6.07) is 7.88. The Bertz CT molecular complexity index is 432. The van der Waals surface area contributed by atoms with Crippen molar-refractivity contribution in [1.82, 2.24) is 0 Å². The molecule has 0 aromatic heterocycles. The number of nitrogens with zero attached hydrogens (tertiary/aromatic N) is 1. The second-order valence-corrected chi connectivity index (χ2v) is 5.21. The molecule has 1 aliphatic heterocycles. The van der Waals surface area contributed by atoms with E-state index in [-0.39, 0.29) is 5.91 Å². The van der Waals surface area contributed by atoms with Gasteiger partial charge in [0.25, 0.3) is 0 Å². The highest BCUT2D eigenvalue weighted by molar-refractivity contribution is 6.02. The molecule has 0 radical (unpaired) electrons. The highest BCUT2D eigenvalue weighted by atomic mass is 16.5. The van der Waals surface area contributed by atoms with Gasteiger partial charge in [-0.1, -0.05) is 26.0 Å². The molecule has 0 fully saturated rings. The molecule has 104 valence electrons. The summed E-state index contributed by atoms with van der Waals surface area (Å²) in [5.41, 5.74) is 1.97. The molecule has 0 spiro atoms. The van der Waals surface area contributed by atoms with Crippen LogP contribution in [-0.4, -0.2) is 32.2 Å². The molecule has 4 nitrogen and oxygen atoms in total. The first-order valence-corrected chi connectivity index (χ1v) is 6.89. The van der Waals surface area contributed by atoms with Gasteiger partial charge in [-0.05, 0) is 24.5 Å². The lowest BCUT2D eigenvalue weighted by atomic mass is 10.1. The summed E-state index contributed by atoms with van der Waals surface area (Å²) >= 11 is 0. The van der Waals surface area contributed by atoms with Crippen LogP contribution in [0.1, 0.15) is 20.3 Å². The van der Waals surface area contributed by atoms with Crippen molar-refractivity contribution < 1.29 is 9.53 Å². The number of carbonyl (C=O) groups excluding carboxylic acids is 1. The Morgan fingerprint density at radius 3 is 2.89 bits per heavy atom. The van der Waals surface area contributed by atoms with Crippen LogP contribution in [0.2, 0.25) is 0 Å². The van der Waals surface area contributed by atoms with E-state index in [1.165, 1.54) is 0 Å². The number of carbonyl (C=O) groups is 1. The molecule has 0 aliphatic carbocycles. The molecule has 0 saturated heterocycles. The van der Waals surface area contributed by atoms with Crippen LogP contribution in [0.3, 0.4) is 0 Å². The molecule has 1 aromatic rings. The van der Waals surface area contributed by atoms with E-state index in [1.807, 2.05) is 24.3 Å². The maximum absolute atomic E-state index is 11.9. The monoisotopic (exact) mass is 262 g/mol. The van der Waals surface area contributed by atoms with Crippen molar-refractivity contribution >= 4 is 17.3 Å². The number of benzene rings is 1. The largest absolute Gasteiger partial charge is 0.380 e. The Kier molecular flexibility index (Phi) is 4.80. The molecule has 0 saturated carbocycles. The van der Waals surface area contributed by atoms with Crippen molar-refractivity contribution in [3.63, 3.8) is 0 Å². The van der Waals surface area contributed by atoms with Crippen LogP contribution in [0.15, 0.2) is 24.3 Å². The Hall–Kier alpha value is -1.55. The zero-order valence-corrected chi connectivity index (χ0v) is 11.7. The van der Waals surface area contributed by atoms with Gasteiger partial charge >= 0.3 is 0 Å². The first kappa shape index (κ1) is 13.9. The van der Waals surface area contributed by atoms with Gasteiger partial charge in [-0.2, -0.15) is 0 Å². The second kappa shape index (κ2) is 6.57. The summed E-state index contributed by atoms with van der Waals surface area (Å²) in [4.78, 5) is 13.7. The SMILES string of the molecule is CC(C)CCOCCN1C(=O)CNc2ccccc21. The zero-order chi connectivity index (χ0) is 13.7. The number of rotatable bonds is 6. The van der Waals surface area contributed by atoms with Gasteiger partial charge in [-0.25, -0.2) is 0 Å². The molecule has 4 heteroatoms. The molecule has 0 bridgehead atoms. The highest BCUT2D eigenvalue weighted by Gasteiger charge is 2.22. The number of ether oxygens (including phenoxy) is 1. The van der Waals surface area contributed by atoms with E-state index in [0.717, 1.165) is 24.4 Å². The third-order valence-electron chi connectivity index (χ3n) is 3.22. The maximum atomic E-state index is 11.9. The minimum atomic E-state index is 0.103. The second-order valence-electron chi connectivity index (χ2n) is 5.21. The summed E-state index contributed by atoms with van der Waals surface area (Å²) in [7, 11) is 0. The molecular weight excluding hydrogens is 240 g/mol. The number of para-hydroxylation sites is 2. The van der Waals surface area contributed by atoms with Gasteiger partial charge in [0.15, 0.2) is 0 Å². The average Bonchev–Trinajstić information content (AvgIpc) is 2.40. The minimum absolute atomic E-state index is 0.103. The lowest BCUT2D eigenvalue weighted by molar-refractivity contribution is -0.117. The molecule has 1 aliphatic rings. The van der Waals surface area contributed by atoms with Crippen molar-refractivity contribution in [3.8, 4) is 0 Å². The molecule has 0 atom stereocenters. The van der Waals surface area contributed by atoms with Crippen LogP contribution in [0.4, 0.5) is 11.4 Å². The summed E-state index contributed by atoms with van der Waals surface area (Å²) in [6.45, 7) is 6.70. The van der Waals surface area contributed by atoms with Gasteiger partial charge in [0.05, 0.1) is 24.5 Å². The number of fused-ring (bicyclic) bond motifs is 1. The van der Waals surface area contributed by atoms with E-state index < -0.39 is 0 Å². The normalized spacial score (nSPS) is 14.5. The highest BCUT2D eigenvalue weighted by Crippen LogP contribution is 2.28. The number of anilines is 2. The Morgan fingerprint density at radius 1 is 1.32 bits per heavy atom. The van der Waals surface area contributed by atoms with Crippen LogP contribution in [-0.2, 0) is 9.53 Å². The van der Waals surface area contributed by atoms with Gasteiger partial charge in [0, 0.05) is 13.2 Å². The maximum Gasteiger partial charge on any atom is 0.246 e. The first-order chi connectivity index (χ1) is 9.18. The molecule has 1 aromatic carbocycles. The Labute approximate surface area is 114 Å². The molecule has 1 heterocycles. The predicted octanol–water partition coefficient (Wildman–Crippen LogP) is 2.51. The van der Waals surface area contributed by atoms with Gasteiger partial charge in [-0.15, -0.1) is 0 Å². The molecular formula is C15H22N2O2. The molecule has 2 rings (SSSR count). The number of nitrogens with one attached hydrogen (secondary N) is 1. The van der Waals surface area contributed by atoms with Gasteiger partial charge < -0.3 is 15.0 Å². The van der Waals surface area contributed by atoms with Gasteiger partial charge in [-0.3, -0.25) is 4.79 Å². The fourth-order valence-electron chi connectivity index (χ4n) is 2.08. The topological polar surface area (TPSA) is 41.6 Å². The van der Waals surface area contributed by atoms with E-state index in [4.69, 9.17) is 4.74 Å². The number of hydrogen-bond acceptors (Lipinski definition) is 3. The van der Waals surface area contributed by atoms with Crippen LogP contribution in [0, 0.1) is 5.92 Å². The van der Waals surface area contributed by atoms with Gasteiger partial charge in [0.1, 0.15) is 0 Å². The Morgan fingerprint density at radius 2 is 2.11 bits per heavy atom. The van der Waals surface area contributed by atoms with E-state index in [0.29, 0.717) is 25.6 Å². The molecule has 1 amide bonds. The number of hydrogen-bond donors (Lipinski definition) is 1. The van der Waals surface area contributed by atoms with E-state index in [1.54, 1.807) is 4.90 Å². The predicted molar refractivity (Wildman–Crippen MR) is 77.6 cm³/mol. The zero-order valence-electron chi connectivity index (χ0n) is 11.7. The van der Waals surface area contributed by atoms with Crippen LogP contribution in [0.25, 0.3) is 0 Å². The van der Waals surface area contributed by atoms with E-state index in [2.05, 4.69) is 19.2 Å². The third-order valence-corrected chi connectivity index (χ3v) is 3.22. The molecule has 0 unspecified atom stereocenters. The smallest absolute Gasteiger partial charge is 0.246 e. The molecule has 1 N–H and O–H groups in total. The van der Waals surface area contributed by atoms with Crippen LogP contribution >= 0.6 is 0 Å². The quantitative estimate of drug-likeness (QED) is 0.801. The summed E-state index contributed by atoms with van der Waals surface area (Å²) in [6.07, 6.45) is 1.06.